The smallest absolute Gasteiger partial charge is 0.295 e. The highest BCUT2D eigenvalue weighted by atomic mass is 16.5. The molecule has 0 aliphatic carbocycles. The highest BCUT2D eigenvalue weighted by molar-refractivity contribution is 6.46. The van der Waals surface area contributed by atoms with Gasteiger partial charge in [-0.1, -0.05) is 12.1 Å². The molecule has 184 valence electrons. The third-order valence-corrected chi connectivity index (χ3v) is 6.90. The Hall–Kier alpha value is -3.36. The standard InChI is InChI=1S/C27H30N2O6/c1-17-15-20-16-19(5-8-22(20)35-17)25(30)23-24(18-3-6-21(33-2)7-4-18)29(27(32)26(23)31)10-9-28-11-13-34-14-12-28/h3-8,16-17,24,30H,9-15H2,1-2H3/b25-23+/t17-,24+/m0/s1. The molecule has 3 aliphatic heterocycles. The van der Waals surface area contributed by atoms with Gasteiger partial charge in [-0.25, -0.2) is 0 Å². The lowest BCUT2D eigenvalue weighted by Gasteiger charge is -2.31. The van der Waals surface area contributed by atoms with Gasteiger partial charge in [0.2, 0.25) is 0 Å². The Morgan fingerprint density at radius 2 is 1.83 bits per heavy atom. The van der Waals surface area contributed by atoms with E-state index in [1.807, 2.05) is 31.2 Å². The third-order valence-electron chi connectivity index (χ3n) is 6.90. The van der Waals surface area contributed by atoms with Crippen molar-refractivity contribution < 1.29 is 28.9 Å². The van der Waals surface area contributed by atoms with Crippen LogP contribution in [0.3, 0.4) is 0 Å². The van der Waals surface area contributed by atoms with Crippen molar-refractivity contribution in [2.24, 2.45) is 0 Å². The van der Waals surface area contributed by atoms with Crippen LogP contribution in [0.4, 0.5) is 0 Å². The van der Waals surface area contributed by atoms with Gasteiger partial charge in [-0.2, -0.15) is 0 Å². The Morgan fingerprint density at radius 3 is 2.54 bits per heavy atom. The molecule has 5 rings (SSSR count). The number of Topliss-reactive ketones (excluding diaryl/α,β-unsaturated/α-hetero) is 1. The minimum absolute atomic E-state index is 0.0625. The molecule has 0 aromatic heterocycles. The fourth-order valence-electron chi connectivity index (χ4n) is 5.04. The molecule has 0 spiro atoms. The summed E-state index contributed by atoms with van der Waals surface area (Å²) in [5.74, 6) is 0.0213. The van der Waals surface area contributed by atoms with Crippen LogP contribution in [0.25, 0.3) is 5.76 Å². The van der Waals surface area contributed by atoms with Crippen LogP contribution in [0.1, 0.15) is 29.7 Å². The van der Waals surface area contributed by atoms with E-state index in [0.29, 0.717) is 37.6 Å². The average molecular weight is 479 g/mol. The number of carbonyl (C=O) groups is 2. The lowest BCUT2D eigenvalue weighted by molar-refractivity contribution is -0.140. The molecule has 3 heterocycles. The summed E-state index contributed by atoms with van der Waals surface area (Å²) < 4.78 is 16.5. The molecule has 0 unspecified atom stereocenters. The van der Waals surface area contributed by atoms with Gasteiger partial charge in [0.15, 0.2) is 0 Å². The number of aliphatic hydroxyl groups excluding tert-OH is 1. The van der Waals surface area contributed by atoms with Crippen molar-refractivity contribution in [3.63, 3.8) is 0 Å². The summed E-state index contributed by atoms with van der Waals surface area (Å²) in [6.07, 6.45) is 0.791. The van der Waals surface area contributed by atoms with Crippen LogP contribution in [-0.2, 0) is 20.7 Å². The lowest BCUT2D eigenvalue weighted by atomic mass is 9.94. The molecule has 8 heteroatoms. The molecule has 1 N–H and O–H groups in total. The van der Waals surface area contributed by atoms with Gasteiger partial charge in [-0.3, -0.25) is 14.5 Å². The second kappa shape index (κ2) is 9.71. The Bertz CT molecular complexity index is 1150. The van der Waals surface area contributed by atoms with Crippen LogP contribution < -0.4 is 9.47 Å². The molecule has 0 radical (unpaired) electrons. The van der Waals surface area contributed by atoms with E-state index < -0.39 is 17.7 Å². The topological polar surface area (TPSA) is 88.5 Å². The zero-order chi connectivity index (χ0) is 24.5. The molecule has 35 heavy (non-hydrogen) atoms. The van der Waals surface area contributed by atoms with Crippen molar-refractivity contribution >= 4 is 17.4 Å². The summed E-state index contributed by atoms with van der Waals surface area (Å²) in [5, 5.41) is 11.4. The van der Waals surface area contributed by atoms with Crippen LogP contribution in [0, 0.1) is 0 Å². The number of morpholine rings is 1. The highest BCUT2D eigenvalue weighted by Gasteiger charge is 2.46. The number of nitrogens with zero attached hydrogens (tertiary/aromatic N) is 2. The first-order valence-corrected chi connectivity index (χ1v) is 12.0. The Labute approximate surface area is 204 Å². The molecule has 2 saturated heterocycles. The number of aliphatic hydroxyl groups is 1. The molecule has 0 bridgehead atoms. The van der Waals surface area contributed by atoms with Gasteiger partial charge >= 0.3 is 0 Å². The van der Waals surface area contributed by atoms with Gasteiger partial charge in [0.25, 0.3) is 11.7 Å². The largest absolute Gasteiger partial charge is 0.507 e. The number of likely N-dealkylation sites (tertiary alicyclic amines) is 1. The number of hydrogen-bond donors (Lipinski definition) is 1. The number of benzene rings is 2. The zero-order valence-corrected chi connectivity index (χ0v) is 20.0. The molecule has 2 atom stereocenters. The van der Waals surface area contributed by atoms with Gasteiger partial charge in [0.1, 0.15) is 23.4 Å². The summed E-state index contributed by atoms with van der Waals surface area (Å²) in [6.45, 7) is 5.86. The molecule has 2 aromatic rings. The van der Waals surface area contributed by atoms with Crippen molar-refractivity contribution in [3.8, 4) is 11.5 Å². The fraction of sp³-hybridized carbons (Fsp3) is 0.407. The predicted octanol–water partition coefficient (Wildman–Crippen LogP) is 2.77. The minimum atomic E-state index is -0.689. The molecule has 8 nitrogen and oxygen atoms in total. The van der Waals surface area contributed by atoms with Crippen LogP contribution in [0.5, 0.6) is 11.5 Å². The SMILES string of the molecule is COc1ccc([C@@H]2/C(=C(\O)c3ccc4c(c3)C[C@H](C)O4)C(=O)C(=O)N2CCN2CCOCC2)cc1. The normalized spacial score (nSPS) is 23.9. The number of methoxy groups -OCH3 is 1. The van der Waals surface area contributed by atoms with Crippen LogP contribution in [0.15, 0.2) is 48.0 Å². The monoisotopic (exact) mass is 478 g/mol. The summed E-state index contributed by atoms with van der Waals surface area (Å²) in [6, 6.07) is 12.0. The second-order valence-electron chi connectivity index (χ2n) is 9.17. The molecular weight excluding hydrogens is 448 g/mol. The quantitative estimate of drug-likeness (QED) is 0.388. The van der Waals surface area contributed by atoms with Gasteiger partial charge in [-0.15, -0.1) is 0 Å². The number of hydrogen-bond acceptors (Lipinski definition) is 7. The predicted molar refractivity (Wildman–Crippen MR) is 129 cm³/mol. The van der Waals surface area contributed by atoms with E-state index in [4.69, 9.17) is 14.2 Å². The lowest BCUT2D eigenvalue weighted by Crippen LogP contribution is -2.42. The molecule has 0 saturated carbocycles. The number of ketones is 1. The highest BCUT2D eigenvalue weighted by Crippen LogP contribution is 2.40. The van der Waals surface area contributed by atoms with Crippen LogP contribution >= 0.6 is 0 Å². The van der Waals surface area contributed by atoms with E-state index in [-0.39, 0.29) is 17.4 Å². The third kappa shape index (κ3) is 4.51. The first kappa shape index (κ1) is 23.4. The van der Waals surface area contributed by atoms with Gasteiger partial charge in [0.05, 0.1) is 31.9 Å². The summed E-state index contributed by atoms with van der Waals surface area (Å²) in [4.78, 5) is 30.3. The van der Waals surface area contributed by atoms with Crippen molar-refractivity contribution in [1.29, 1.82) is 0 Å². The number of amides is 1. The molecule has 2 fully saturated rings. The second-order valence-corrected chi connectivity index (χ2v) is 9.17. The average Bonchev–Trinajstić information content (AvgIpc) is 3.38. The number of carbonyl (C=O) groups excluding carboxylic acids is 2. The molecular formula is C27H30N2O6. The molecule has 1 amide bonds. The van der Waals surface area contributed by atoms with Crippen LogP contribution in [-0.4, -0.2) is 79.2 Å². The zero-order valence-electron chi connectivity index (χ0n) is 20.0. The van der Waals surface area contributed by atoms with Crippen LogP contribution in [0.2, 0.25) is 0 Å². The fourth-order valence-corrected chi connectivity index (χ4v) is 5.04. The molecule has 3 aliphatic rings. The van der Waals surface area contributed by atoms with Crippen molar-refractivity contribution in [2.45, 2.75) is 25.5 Å². The first-order chi connectivity index (χ1) is 17.0. The maximum atomic E-state index is 13.3. The van der Waals surface area contributed by atoms with Crippen molar-refractivity contribution in [2.75, 3.05) is 46.5 Å². The summed E-state index contributed by atoms with van der Waals surface area (Å²) in [7, 11) is 1.59. The Morgan fingerprint density at radius 1 is 1.09 bits per heavy atom. The maximum absolute atomic E-state index is 13.3. The number of fused-ring (bicyclic) bond motifs is 1. The van der Waals surface area contributed by atoms with Gasteiger partial charge in [-0.05, 0) is 48.4 Å². The number of rotatable bonds is 6. The van der Waals surface area contributed by atoms with E-state index >= 15 is 0 Å². The van der Waals surface area contributed by atoms with Gasteiger partial charge in [0, 0.05) is 38.2 Å². The van der Waals surface area contributed by atoms with E-state index in [1.54, 1.807) is 30.2 Å². The first-order valence-electron chi connectivity index (χ1n) is 12.0. The maximum Gasteiger partial charge on any atom is 0.295 e. The minimum Gasteiger partial charge on any atom is -0.507 e. The number of ether oxygens (including phenoxy) is 3. The van der Waals surface area contributed by atoms with E-state index in [1.165, 1.54) is 0 Å². The Balaban J connectivity index is 1.53. The van der Waals surface area contributed by atoms with Crippen molar-refractivity contribution in [3.05, 3.63) is 64.7 Å². The molecule has 2 aromatic carbocycles. The van der Waals surface area contributed by atoms with Crippen molar-refractivity contribution in [1.82, 2.24) is 9.80 Å². The summed E-state index contributed by atoms with van der Waals surface area (Å²) >= 11 is 0. The van der Waals surface area contributed by atoms with E-state index in [2.05, 4.69) is 4.90 Å². The van der Waals surface area contributed by atoms with E-state index in [0.717, 1.165) is 36.4 Å². The Kier molecular flexibility index (Phi) is 6.49. The van der Waals surface area contributed by atoms with E-state index in [9.17, 15) is 14.7 Å². The van der Waals surface area contributed by atoms with Gasteiger partial charge < -0.3 is 24.2 Å². The summed E-state index contributed by atoms with van der Waals surface area (Å²) in [5.41, 5.74) is 2.33.